The summed E-state index contributed by atoms with van der Waals surface area (Å²) in [5, 5.41) is 0.754. The maximum atomic E-state index is 6.31. The Bertz CT molecular complexity index is 304. The number of hydrogen-bond donors (Lipinski definition) is 1. The second-order valence-corrected chi connectivity index (χ2v) is 4.21. The predicted molar refractivity (Wildman–Crippen MR) is 57.4 cm³/mol. The summed E-state index contributed by atoms with van der Waals surface area (Å²) in [7, 11) is 0. The molecular formula is C11H14ClNO. The minimum absolute atomic E-state index is 0.219. The third kappa shape index (κ3) is 1.92. The lowest BCUT2D eigenvalue weighted by Gasteiger charge is -2.33. The molecule has 1 aliphatic rings. The molecule has 0 amide bonds. The molecule has 1 fully saturated rings. The van der Waals surface area contributed by atoms with Gasteiger partial charge in [0.2, 0.25) is 0 Å². The van der Waals surface area contributed by atoms with Gasteiger partial charge in [0.25, 0.3) is 0 Å². The summed E-state index contributed by atoms with van der Waals surface area (Å²) in [4.78, 5) is 0. The number of rotatable bonds is 1. The number of ether oxygens (including phenoxy) is 1. The normalized spacial score (nSPS) is 20.7. The predicted octanol–water partition coefficient (Wildman–Crippen LogP) is 2.30. The maximum Gasteiger partial charge on any atom is 0.0486 e. The molecule has 76 valence electrons. The first-order valence-corrected chi connectivity index (χ1v) is 5.21. The van der Waals surface area contributed by atoms with Gasteiger partial charge in [-0.3, -0.25) is 0 Å². The maximum absolute atomic E-state index is 6.31. The quantitative estimate of drug-likeness (QED) is 0.774. The molecule has 1 aromatic carbocycles. The molecule has 0 unspecified atom stereocenters. The molecule has 1 heterocycles. The van der Waals surface area contributed by atoms with Crippen LogP contribution in [0.25, 0.3) is 0 Å². The third-order valence-corrected chi connectivity index (χ3v) is 3.06. The Hall–Kier alpha value is -0.570. The highest BCUT2D eigenvalue weighted by Gasteiger charge is 2.29. The number of benzene rings is 1. The van der Waals surface area contributed by atoms with E-state index in [1.807, 2.05) is 24.3 Å². The summed E-state index contributed by atoms with van der Waals surface area (Å²) in [5.41, 5.74) is 7.25. The van der Waals surface area contributed by atoms with Crippen molar-refractivity contribution < 1.29 is 4.74 Å². The molecule has 1 aromatic rings. The Labute approximate surface area is 89.0 Å². The van der Waals surface area contributed by atoms with Crippen LogP contribution in [0.5, 0.6) is 0 Å². The highest BCUT2D eigenvalue weighted by Crippen LogP contribution is 2.29. The molecule has 14 heavy (non-hydrogen) atoms. The van der Waals surface area contributed by atoms with E-state index in [1.165, 1.54) is 0 Å². The van der Waals surface area contributed by atoms with Crippen LogP contribution in [0.1, 0.15) is 18.4 Å². The van der Waals surface area contributed by atoms with Crippen LogP contribution >= 0.6 is 11.6 Å². The van der Waals surface area contributed by atoms with E-state index < -0.39 is 0 Å². The second kappa shape index (κ2) is 3.89. The van der Waals surface area contributed by atoms with Gasteiger partial charge in [0.15, 0.2) is 0 Å². The first kappa shape index (κ1) is 9.97. The molecule has 1 aliphatic heterocycles. The molecule has 0 aliphatic carbocycles. The fourth-order valence-electron chi connectivity index (χ4n) is 1.81. The average Bonchev–Trinajstić information content (AvgIpc) is 2.19. The van der Waals surface area contributed by atoms with Gasteiger partial charge >= 0.3 is 0 Å². The van der Waals surface area contributed by atoms with E-state index in [-0.39, 0.29) is 5.54 Å². The van der Waals surface area contributed by atoms with Crippen molar-refractivity contribution in [2.45, 2.75) is 18.4 Å². The molecular weight excluding hydrogens is 198 g/mol. The molecule has 0 spiro atoms. The molecule has 2 nitrogen and oxygen atoms in total. The van der Waals surface area contributed by atoms with Gasteiger partial charge in [-0.15, -0.1) is 0 Å². The van der Waals surface area contributed by atoms with Crippen LogP contribution in [0.3, 0.4) is 0 Å². The van der Waals surface area contributed by atoms with Crippen molar-refractivity contribution in [3.8, 4) is 0 Å². The molecule has 0 aromatic heterocycles. The van der Waals surface area contributed by atoms with Gasteiger partial charge in [-0.25, -0.2) is 0 Å². The lowest BCUT2D eigenvalue weighted by Crippen LogP contribution is -2.42. The van der Waals surface area contributed by atoms with E-state index >= 15 is 0 Å². The fourth-order valence-corrected chi connectivity index (χ4v) is 1.93. The van der Waals surface area contributed by atoms with Gasteiger partial charge < -0.3 is 10.5 Å². The molecule has 0 saturated carbocycles. The topological polar surface area (TPSA) is 35.2 Å². The summed E-state index contributed by atoms with van der Waals surface area (Å²) in [6.45, 7) is 1.50. The summed E-state index contributed by atoms with van der Waals surface area (Å²) >= 11 is 5.83. The van der Waals surface area contributed by atoms with Crippen LogP contribution < -0.4 is 5.73 Å². The van der Waals surface area contributed by atoms with E-state index in [4.69, 9.17) is 22.1 Å². The number of hydrogen-bond acceptors (Lipinski definition) is 2. The molecule has 0 radical (unpaired) electrons. The standard InChI is InChI=1S/C11H14ClNO/c12-10-3-1-9(2-4-10)11(13)5-7-14-8-6-11/h1-4H,5-8,13H2. The summed E-state index contributed by atoms with van der Waals surface area (Å²) < 4.78 is 5.30. The molecule has 1 saturated heterocycles. The smallest absolute Gasteiger partial charge is 0.0486 e. The molecule has 2 rings (SSSR count). The first-order valence-electron chi connectivity index (χ1n) is 4.83. The van der Waals surface area contributed by atoms with Crippen LogP contribution in [0.15, 0.2) is 24.3 Å². The van der Waals surface area contributed by atoms with Gasteiger partial charge in [0.05, 0.1) is 0 Å². The molecule has 2 N–H and O–H groups in total. The van der Waals surface area contributed by atoms with Crippen molar-refractivity contribution in [2.24, 2.45) is 5.73 Å². The van der Waals surface area contributed by atoms with E-state index in [2.05, 4.69) is 0 Å². The Morgan fingerprint density at radius 2 is 1.71 bits per heavy atom. The Balaban J connectivity index is 2.23. The van der Waals surface area contributed by atoms with Crippen molar-refractivity contribution in [3.05, 3.63) is 34.9 Å². The Morgan fingerprint density at radius 3 is 2.29 bits per heavy atom. The monoisotopic (exact) mass is 211 g/mol. The van der Waals surface area contributed by atoms with Crippen LogP contribution in [-0.2, 0) is 10.3 Å². The summed E-state index contributed by atoms with van der Waals surface area (Å²) in [5.74, 6) is 0. The number of nitrogens with two attached hydrogens (primary N) is 1. The van der Waals surface area contributed by atoms with Crippen molar-refractivity contribution in [3.63, 3.8) is 0 Å². The Kier molecular flexibility index (Phi) is 2.77. The van der Waals surface area contributed by atoms with Crippen molar-refractivity contribution in [1.82, 2.24) is 0 Å². The number of halogens is 1. The van der Waals surface area contributed by atoms with Crippen LogP contribution in [0.2, 0.25) is 5.02 Å². The SMILES string of the molecule is NC1(c2ccc(Cl)cc2)CCOCC1. The largest absolute Gasteiger partial charge is 0.381 e. The molecule has 3 heteroatoms. The fraction of sp³-hybridized carbons (Fsp3) is 0.455. The zero-order valence-electron chi connectivity index (χ0n) is 8.00. The van der Waals surface area contributed by atoms with Gasteiger partial charge in [-0.2, -0.15) is 0 Å². The lowest BCUT2D eigenvalue weighted by atomic mass is 9.84. The van der Waals surface area contributed by atoms with Gasteiger partial charge in [0.1, 0.15) is 0 Å². The van der Waals surface area contributed by atoms with E-state index in [0.29, 0.717) is 0 Å². The molecule has 0 atom stereocenters. The summed E-state index contributed by atoms with van der Waals surface area (Å²) in [6.07, 6.45) is 1.77. The van der Waals surface area contributed by atoms with E-state index in [1.54, 1.807) is 0 Å². The van der Waals surface area contributed by atoms with Crippen molar-refractivity contribution in [1.29, 1.82) is 0 Å². The van der Waals surface area contributed by atoms with Gasteiger partial charge in [0, 0.05) is 23.8 Å². The van der Waals surface area contributed by atoms with Gasteiger partial charge in [-0.1, -0.05) is 23.7 Å². The van der Waals surface area contributed by atoms with Crippen molar-refractivity contribution in [2.75, 3.05) is 13.2 Å². The van der Waals surface area contributed by atoms with Crippen LogP contribution in [0.4, 0.5) is 0 Å². The second-order valence-electron chi connectivity index (χ2n) is 3.78. The van der Waals surface area contributed by atoms with Crippen molar-refractivity contribution >= 4 is 11.6 Å². The Morgan fingerprint density at radius 1 is 1.14 bits per heavy atom. The molecule has 0 bridgehead atoms. The minimum Gasteiger partial charge on any atom is -0.381 e. The first-order chi connectivity index (χ1) is 6.71. The zero-order valence-corrected chi connectivity index (χ0v) is 8.76. The average molecular weight is 212 g/mol. The zero-order chi connectivity index (χ0) is 10.0. The highest BCUT2D eigenvalue weighted by molar-refractivity contribution is 6.30. The van der Waals surface area contributed by atoms with Crippen LogP contribution in [-0.4, -0.2) is 13.2 Å². The highest BCUT2D eigenvalue weighted by atomic mass is 35.5. The van der Waals surface area contributed by atoms with E-state index in [0.717, 1.165) is 36.6 Å². The minimum atomic E-state index is -0.219. The third-order valence-electron chi connectivity index (χ3n) is 2.80. The summed E-state index contributed by atoms with van der Waals surface area (Å²) in [6, 6.07) is 7.79. The van der Waals surface area contributed by atoms with Gasteiger partial charge in [-0.05, 0) is 30.5 Å². The van der Waals surface area contributed by atoms with Crippen LogP contribution in [0, 0.1) is 0 Å². The van der Waals surface area contributed by atoms with E-state index in [9.17, 15) is 0 Å². The lowest BCUT2D eigenvalue weighted by molar-refractivity contribution is 0.0522.